The van der Waals surface area contributed by atoms with Gasteiger partial charge in [-0.3, -0.25) is 0 Å². The van der Waals surface area contributed by atoms with Crippen LogP contribution in [0, 0.1) is 25.2 Å². The number of imidazole rings is 1. The minimum atomic E-state index is 0.522. The maximum absolute atomic E-state index is 9.90. The van der Waals surface area contributed by atoms with Crippen LogP contribution in [0.2, 0.25) is 0 Å². The highest BCUT2D eigenvalue weighted by atomic mass is 15.0. The van der Waals surface area contributed by atoms with Crippen LogP contribution < -0.4 is 0 Å². The number of rotatable bonds is 4. The number of allylic oxidation sites excluding steroid dienone is 1. The summed E-state index contributed by atoms with van der Waals surface area (Å²) in [6.07, 6.45) is 4.05. The highest BCUT2D eigenvalue weighted by Gasteiger charge is 2.12. The van der Waals surface area contributed by atoms with Crippen LogP contribution in [0.15, 0.2) is 72.9 Å². The molecule has 0 amide bonds. The zero-order valence-corrected chi connectivity index (χ0v) is 17.6. The van der Waals surface area contributed by atoms with E-state index in [2.05, 4.69) is 89.2 Å². The minimum Gasteiger partial charge on any atom is -0.342 e. The zero-order valence-electron chi connectivity index (χ0n) is 17.6. The number of hydrogen-bond acceptors (Lipinski definition) is 2. The molecule has 5 aromatic rings. The number of aromatic nitrogens is 3. The monoisotopic (exact) mass is 402 g/mol. The molecule has 5 rings (SSSR count). The summed E-state index contributed by atoms with van der Waals surface area (Å²) in [5, 5.41) is 11.0. The lowest BCUT2D eigenvalue weighted by Crippen LogP contribution is -1.97. The van der Waals surface area contributed by atoms with Crippen molar-refractivity contribution in [3.63, 3.8) is 0 Å². The topological polar surface area (TPSA) is 57.4 Å². The molecule has 0 fully saturated rings. The number of H-pyrrole nitrogens is 1. The summed E-state index contributed by atoms with van der Waals surface area (Å²) in [5.41, 5.74) is 8.14. The molecule has 3 aromatic carbocycles. The van der Waals surface area contributed by atoms with Crippen LogP contribution in [0.25, 0.3) is 33.6 Å². The normalized spacial score (nSPS) is 11.8. The molecule has 0 aliphatic carbocycles. The molecule has 0 atom stereocenters. The number of aryl methyl sites for hydroxylation is 2. The number of aromatic amines is 1. The maximum atomic E-state index is 9.90. The molecule has 4 nitrogen and oxygen atoms in total. The van der Waals surface area contributed by atoms with Gasteiger partial charge in [-0.05, 0) is 54.8 Å². The standard InChI is InChI=1S/C27H22N4/c1-18-12-24-25(13-19(18)2)30-27(29-24)21(15-28)14-22-17-31(16-20-8-4-3-5-9-20)26-11-7-6-10-23(22)26/h3-14,17H,16H2,1-2H3,(H,29,30)/b21-14-. The predicted octanol–water partition coefficient (Wildman–Crippen LogP) is 6.25. The molecule has 0 spiro atoms. The van der Waals surface area contributed by atoms with E-state index in [4.69, 9.17) is 0 Å². The fraction of sp³-hybridized carbons (Fsp3) is 0.111. The summed E-state index contributed by atoms with van der Waals surface area (Å²) in [6.45, 7) is 4.93. The Bertz CT molecular complexity index is 1440. The molecule has 1 N–H and O–H groups in total. The van der Waals surface area contributed by atoms with Crippen molar-refractivity contribution in [2.45, 2.75) is 20.4 Å². The number of fused-ring (bicyclic) bond motifs is 2. The van der Waals surface area contributed by atoms with Gasteiger partial charge < -0.3 is 9.55 Å². The Morgan fingerprint density at radius 3 is 2.58 bits per heavy atom. The smallest absolute Gasteiger partial charge is 0.149 e. The van der Waals surface area contributed by atoms with Crippen LogP contribution in [-0.2, 0) is 6.54 Å². The molecular formula is C27H22N4. The summed E-state index contributed by atoms with van der Waals surface area (Å²) < 4.78 is 2.23. The van der Waals surface area contributed by atoms with E-state index in [1.54, 1.807) is 0 Å². The molecule has 0 radical (unpaired) electrons. The highest BCUT2D eigenvalue weighted by molar-refractivity contribution is 5.98. The third-order valence-electron chi connectivity index (χ3n) is 5.79. The molecule has 31 heavy (non-hydrogen) atoms. The largest absolute Gasteiger partial charge is 0.342 e. The highest BCUT2D eigenvalue weighted by Crippen LogP contribution is 2.27. The second-order valence-electron chi connectivity index (χ2n) is 7.92. The van der Waals surface area contributed by atoms with E-state index >= 15 is 0 Å². The SMILES string of the molecule is Cc1cc2nc(/C(C#N)=C\c3cn(Cc4ccccc4)c4ccccc34)[nH]c2cc1C. The van der Waals surface area contributed by atoms with Gasteiger partial charge in [0.1, 0.15) is 11.9 Å². The summed E-state index contributed by atoms with van der Waals surface area (Å²) in [6, 6.07) is 25.2. The summed E-state index contributed by atoms with van der Waals surface area (Å²) in [5.74, 6) is 0.599. The number of hydrogen-bond donors (Lipinski definition) is 1. The van der Waals surface area contributed by atoms with Crippen molar-refractivity contribution in [1.82, 2.24) is 14.5 Å². The van der Waals surface area contributed by atoms with E-state index in [1.165, 1.54) is 16.7 Å². The van der Waals surface area contributed by atoms with Crippen molar-refractivity contribution in [2.24, 2.45) is 0 Å². The first-order valence-electron chi connectivity index (χ1n) is 10.3. The molecule has 2 heterocycles. The van der Waals surface area contributed by atoms with Crippen LogP contribution in [0.4, 0.5) is 0 Å². The predicted molar refractivity (Wildman–Crippen MR) is 127 cm³/mol. The first kappa shape index (κ1) is 18.9. The lowest BCUT2D eigenvalue weighted by molar-refractivity contribution is 0.836. The second-order valence-corrected chi connectivity index (χ2v) is 7.92. The summed E-state index contributed by atoms with van der Waals surface area (Å²) >= 11 is 0. The number of benzene rings is 3. The van der Waals surface area contributed by atoms with Gasteiger partial charge in [0.05, 0.1) is 16.6 Å². The summed E-state index contributed by atoms with van der Waals surface area (Å²) in [4.78, 5) is 8.00. The van der Waals surface area contributed by atoms with E-state index in [0.717, 1.165) is 34.0 Å². The number of para-hydroxylation sites is 1. The van der Waals surface area contributed by atoms with Crippen LogP contribution in [0.1, 0.15) is 28.1 Å². The number of nitriles is 1. The van der Waals surface area contributed by atoms with Gasteiger partial charge in [0.15, 0.2) is 0 Å². The van der Waals surface area contributed by atoms with Crippen LogP contribution in [-0.4, -0.2) is 14.5 Å². The van der Waals surface area contributed by atoms with Crippen LogP contribution in [0.5, 0.6) is 0 Å². The van der Waals surface area contributed by atoms with Gasteiger partial charge in [0, 0.05) is 29.2 Å². The van der Waals surface area contributed by atoms with Crippen molar-refractivity contribution in [2.75, 3.05) is 0 Å². The van der Waals surface area contributed by atoms with E-state index < -0.39 is 0 Å². The van der Waals surface area contributed by atoms with Crippen molar-refractivity contribution in [1.29, 1.82) is 5.26 Å². The molecule has 0 unspecified atom stereocenters. The Labute approximate surface area is 181 Å². The van der Waals surface area contributed by atoms with Crippen molar-refractivity contribution in [3.8, 4) is 6.07 Å². The van der Waals surface area contributed by atoms with Gasteiger partial charge >= 0.3 is 0 Å². The fourth-order valence-electron chi connectivity index (χ4n) is 4.01. The Hall–Kier alpha value is -4.10. The Kier molecular flexibility index (Phi) is 4.65. The van der Waals surface area contributed by atoms with Gasteiger partial charge in [-0.15, -0.1) is 0 Å². The van der Waals surface area contributed by atoms with Crippen molar-refractivity contribution >= 4 is 33.6 Å². The van der Waals surface area contributed by atoms with Gasteiger partial charge in [-0.2, -0.15) is 5.26 Å². The Balaban J connectivity index is 1.60. The van der Waals surface area contributed by atoms with Gasteiger partial charge in [0.2, 0.25) is 0 Å². The first-order chi connectivity index (χ1) is 15.1. The van der Waals surface area contributed by atoms with Gasteiger partial charge in [-0.1, -0.05) is 48.5 Å². The molecule has 150 valence electrons. The molecule has 4 heteroatoms. The molecule has 2 aromatic heterocycles. The van der Waals surface area contributed by atoms with Crippen molar-refractivity contribution in [3.05, 3.63) is 101 Å². The van der Waals surface area contributed by atoms with E-state index in [0.29, 0.717) is 11.4 Å². The van der Waals surface area contributed by atoms with Crippen molar-refractivity contribution < 1.29 is 0 Å². The lowest BCUT2D eigenvalue weighted by atomic mass is 10.1. The second kappa shape index (κ2) is 7.62. The lowest BCUT2D eigenvalue weighted by Gasteiger charge is -2.05. The van der Waals surface area contributed by atoms with E-state index in [1.807, 2.05) is 24.3 Å². The number of nitrogens with one attached hydrogen (secondary N) is 1. The number of nitrogens with zero attached hydrogens (tertiary/aromatic N) is 3. The quantitative estimate of drug-likeness (QED) is 0.361. The molecule has 0 aliphatic heterocycles. The molecular weight excluding hydrogens is 380 g/mol. The molecule has 0 saturated heterocycles. The zero-order chi connectivity index (χ0) is 21.4. The average molecular weight is 403 g/mol. The van der Waals surface area contributed by atoms with Crippen LogP contribution in [0.3, 0.4) is 0 Å². The van der Waals surface area contributed by atoms with Gasteiger partial charge in [-0.25, -0.2) is 4.98 Å². The maximum Gasteiger partial charge on any atom is 0.149 e. The van der Waals surface area contributed by atoms with E-state index in [-0.39, 0.29) is 0 Å². The third-order valence-corrected chi connectivity index (χ3v) is 5.79. The fourth-order valence-corrected chi connectivity index (χ4v) is 4.01. The molecule has 0 saturated carbocycles. The Morgan fingerprint density at radius 1 is 1.03 bits per heavy atom. The Morgan fingerprint density at radius 2 is 1.77 bits per heavy atom. The van der Waals surface area contributed by atoms with E-state index in [9.17, 15) is 5.26 Å². The third kappa shape index (κ3) is 3.51. The molecule has 0 bridgehead atoms. The first-order valence-corrected chi connectivity index (χ1v) is 10.3. The van der Waals surface area contributed by atoms with Crippen LogP contribution >= 0.6 is 0 Å². The average Bonchev–Trinajstić information content (AvgIpc) is 3.34. The summed E-state index contributed by atoms with van der Waals surface area (Å²) in [7, 11) is 0. The molecule has 0 aliphatic rings. The minimum absolute atomic E-state index is 0.522. The van der Waals surface area contributed by atoms with Gasteiger partial charge in [0.25, 0.3) is 0 Å².